The van der Waals surface area contributed by atoms with E-state index in [1.807, 2.05) is 0 Å². The highest BCUT2D eigenvalue weighted by Gasteiger charge is 2.41. The molecule has 1 saturated heterocycles. The molecule has 3 rings (SSSR count). The molecule has 0 aliphatic carbocycles. The van der Waals surface area contributed by atoms with Crippen LogP contribution in [-0.2, 0) is 25.2 Å². The van der Waals surface area contributed by atoms with Crippen LogP contribution in [0.4, 0.5) is 13.2 Å². The molecule has 0 amide bonds. The molecule has 2 heterocycles. The Balaban J connectivity index is 2.14. The summed E-state index contributed by atoms with van der Waals surface area (Å²) >= 11 is 0. The lowest BCUT2D eigenvalue weighted by Crippen LogP contribution is -2.35. The molecular formula is C24H29F3N2O4. The zero-order valence-electron chi connectivity index (χ0n) is 19.3. The lowest BCUT2D eigenvalue weighted by molar-refractivity contribution is -0.138. The Morgan fingerprint density at radius 2 is 1.55 bits per heavy atom. The Hall–Kier alpha value is -2.81. The van der Waals surface area contributed by atoms with Crippen molar-refractivity contribution >= 4 is 11.9 Å². The van der Waals surface area contributed by atoms with E-state index in [1.54, 1.807) is 18.9 Å². The molecular weight excluding hydrogens is 437 g/mol. The van der Waals surface area contributed by atoms with Crippen LogP contribution in [0.1, 0.15) is 43.2 Å². The van der Waals surface area contributed by atoms with E-state index in [4.69, 9.17) is 9.47 Å². The first-order valence-electron chi connectivity index (χ1n) is 10.8. The number of halogens is 3. The topological polar surface area (TPSA) is 59.1 Å². The maximum atomic E-state index is 13.1. The number of hydrogen-bond donors (Lipinski definition) is 0. The fourth-order valence-electron chi connectivity index (χ4n) is 4.58. The van der Waals surface area contributed by atoms with Gasteiger partial charge in [0.25, 0.3) is 0 Å². The predicted molar refractivity (Wildman–Crippen MR) is 116 cm³/mol. The molecule has 1 aromatic carbocycles. The predicted octanol–water partition coefficient (Wildman–Crippen LogP) is 4.09. The van der Waals surface area contributed by atoms with Gasteiger partial charge in [0.1, 0.15) is 0 Å². The Morgan fingerprint density at radius 1 is 1.00 bits per heavy atom. The van der Waals surface area contributed by atoms with Crippen molar-refractivity contribution in [3.63, 3.8) is 0 Å². The Morgan fingerprint density at radius 3 is 2.06 bits per heavy atom. The second-order valence-electron chi connectivity index (χ2n) is 8.25. The molecule has 0 N–H and O–H groups in total. The third kappa shape index (κ3) is 5.08. The molecule has 180 valence electrons. The van der Waals surface area contributed by atoms with Crippen LogP contribution in [0.15, 0.2) is 46.8 Å². The van der Waals surface area contributed by atoms with E-state index in [2.05, 4.69) is 4.90 Å². The number of likely N-dealkylation sites (tertiary alicyclic amines) is 1. The molecule has 0 aromatic heterocycles. The standard InChI is InChI=1S/C24H29F3N2O4/c1-15-19(22(30)32-3)20(16-7-9-17(10-8-16)24(25,26)27)21(23(31)33-4)18(28(15)2)11-14-29-12-5-6-13-29/h7-10,20H,5-6,11-14H2,1-4H3. The minimum atomic E-state index is -4.50. The van der Waals surface area contributed by atoms with Gasteiger partial charge in [0, 0.05) is 31.4 Å². The normalized spacial score (nSPS) is 19.8. The van der Waals surface area contributed by atoms with Crippen LogP contribution >= 0.6 is 0 Å². The van der Waals surface area contributed by atoms with Gasteiger partial charge in [0.05, 0.1) is 36.8 Å². The maximum Gasteiger partial charge on any atom is 0.416 e. The maximum absolute atomic E-state index is 13.1. The first-order chi connectivity index (χ1) is 15.6. The summed E-state index contributed by atoms with van der Waals surface area (Å²) in [6.45, 7) is 4.43. The van der Waals surface area contributed by atoms with Crippen molar-refractivity contribution in [2.45, 2.75) is 38.3 Å². The van der Waals surface area contributed by atoms with E-state index in [0.717, 1.165) is 44.6 Å². The Labute approximate surface area is 191 Å². The van der Waals surface area contributed by atoms with Gasteiger partial charge in [-0.25, -0.2) is 9.59 Å². The summed E-state index contributed by atoms with van der Waals surface area (Å²) in [5.41, 5.74) is 1.28. The van der Waals surface area contributed by atoms with Crippen molar-refractivity contribution < 1.29 is 32.2 Å². The van der Waals surface area contributed by atoms with Crippen molar-refractivity contribution in [1.29, 1.82) is 0 Å². The van der Waals surface area contributed by atoms with E-state index in [0.29, 0.717) is 23.4 Å². The number of alkyl halides is 3. The number of rotatable bonds is 6. The lowest BCUT2D eigenvalue weighted by Gasteiger charge is -2.37. The molecule has 1 aromatic rings. The van der Waals surface area contributed by atoms with Crippen LogP contribution in [0.3, 0.4) is 0 Å². The fourth-order valence-corrected chi connectivity index (χ4v) is 4.58. The minimum absolute atomic E-state index is 0.199. The van der Waals surface area contributed by atoms with Crippen LogP contribution in [-0.4, -0.2) is 62.6 Å². The summed E-state index contributed by atoms with van der Waals surface area (Å²) in [5.74, 6) is -2.18. The second-order valence-corrected chi connectivity index (χ2v) is 8.25. The molecule has 0 spiro atoms. The first-order valence-corrected chi connectivity index (χ1v) is 10.8. The van der Waals surface area contributed by atoms with Crippen molar-refractivity contribution in [1.82, 2.24) is 9.80 Å². The highest BCUT2D eigenvalue weighted by Crippen LogP contribution is 2.44. The lowest BCUT2D eigenvalue weighted by atomic mass is 9.79. The van der Waals surface area contributed by atoms with E-state index < -0.39 is 29.6 Å². The summed E-state index contributed by atoms with van der Waals surface area (Å²) in [5, 5.41) is 0. The highest BCUT2D eigenvalue weighted by molar-refractivity contribution is 5.99. The minimum Gasteiger partial charge on any atom is -0.466 e. The van der Waals surface area contributed by atoms with Gasteiger partial charge in [-0.1, -0.05) is 12.1 Å². The summed E-state index contributed by atoms with van der Waals surface area (Å²) in [7, 11) is 4.25. The second kappa shape index (κ2) is 9.99. The number of esters is 2. The number of nitrogens with zero attached hydrogens (tertiary/aromatic N) is 2. The van der Waals surface area contributed by atoms with Gasteiger partial charge < -0.3 is 19.3 Å². The molecule has 1 atom stereocenters. The monoisotopic (exact) mass is 466 g/mol. The van der Waals surface area contributed by atoms with Crippen molar-refractivity contribution in [3.8, 4) is 0 Å². The smallest absolute Gasteiger partial charge is 0.416 e. The van der Waals surface area contributed by atoms with Crippen molar-refractivity contribution in [2.24, 2.45) is 0 Å². The number of allylic oxidation sites excluding steroid dienone is 1. The zero-order chi connectivity index (χ0) is 24.3. The van der Waals surface area contributed by atoms with E-state index >= 15 is 0 Å². The Bertz CT molecular complexity index is 961. The third-order valence-electron chi connectivity index (χ3n) is 6.43. The molecule has 0 radical (unpaired) electrons. The van der Waals surface area contributed by atoms with Crippen molar-refractivity contribution in [3.05, 3.63) is 57.9 Å². The van der Waals surface area contributed by atoms with E-state index in [-0.39, 0.29) is 11.1 Å². The Kier molecular flexibility index (Phi) is 7.51. The van der Waals surface area contributed by atoms with Crippen LogP contribution < -0.4 is 0 Å². The van der Waals surface area contributed by atoms with E-state index in [9.17, 15) is 22.8 Å². The summed E-state index contributed by atoms with van der Waals surface area (Å²) < 4.78 is 49.4. The highest BCUT2D eigenvalue weighted by atomic mass is 19.4. The van der Waals surface area contributed by atoms with Crippen molar-refractivity contribution in [2.75, 3.05) is 40.9 Å². The summed E-state index contributed by atoms with van der Waals surface area (Å²) in [4.78, 5) is 29.9. The molecule has 0 saturated carbocycles. The number of carbonyl (C=O) groups excluding carboxylic acids is 2. The molecule has 2 aliphatic rings. The SMILES string of the molecule is COC(=O)C1=C(C)N(C)C(CCN2CCCC2)=C(C(=O)OC)C1c1ccc(C(F)(F)F)cc1. The molecule has 2 aliphatic heterocycles. The fraction of sp³-hybridized carbons (Fsp3) is 0.500. The van der Waals surface area contributed by atoms with Gasteiger partial charge in [-0.3, -0.25) is 0 Å². The largest absolute Gasteiger partial charge is 0.466 e. The molecule has 1 unspecified atom stereocenters. The number of ether oxygens (including phenoxy) is 2. The van der Waals surface area contributed by atoms with Gasteiger partial charge in [0.2, 0.25) is 0 Å². The van der Waals surface area contributed by atoms with E-state index in [1.165, 1.54) is 26.4 Å². The average Bonchev–Trinajstić information content (AvgIpc) is 3.31. The third-order valence-corrected chi connectivity index (χ3v) is 6.43. The summed E-state index contributed by atoms with van der Waals surface area (Å²) in [6, 6.07) is 4.51. The number of hydrogen-bond acceptors (Lipinski definition) is 6. The summed E-state index contributed by atoms with van der Waals surface area (Å²) in [6.07, 6.45) is -1.72. The average molecular weight is 467 g/mol. The molecule has 1 fully saturated rings. The van der Waals surface area contributed by atoms with Gasteiger partial charge in [-0.2, -0.15) is 13.2 Å². The van der Waals surface area contributed by atoms with Crippen LogP contribution in [0.25, 0.3) is 0 Å². The molecule has 6 nitrogen and oxygen atoms in total. The van der Waals surface area contributed by atoms with Gasteiger partial charge >= 0.3 is 18.1 Å². The first kappa shape index (κ1) is 24.8. The zero-order valence-corrected chi connectivity index (χ0v) is 19.3. The molecule has 33 heavy (non-hydrogen) atoms. The number of benzene rings is 1. The van der Waals surface area contributed by atoms with Gasteiger partial charge in [0.15, 0.2) is 0 Å². The van der Waals surface area contributed by atoms with Gasteiger partial charge in [-0.15, -0.1) is 0 Å². The number of carbonyl (C=O) groups is 2. The quantitative estimate of drug-likeness (QED) is 0.589. The number of methoxy groups -OCH3 is 2. The van der Waals surface area contributed by atoms with Crippen LogP contribution in [0, 0.1) is 0 Å². The van der Waals surface area contributed by atoms with Crippen LogP contribution in [0.5, 0.6) is 0 Å². The van der Waals surface area contributed by atoms with Gasteiger partial charge in [-0.05, 0) is 50.6 Å². The molecule has 9 heteroatoms. The van der Waals surface area contributed by atoms with Crippen LogP contribution in [0.2, 0.25) is 0 Å². The molecule has 0 bridgehead atoms.